The van der Waals surface area contributed by atoms with Crippen molar-refractivity contribution < 1.29 is 23.8 Å². The summed E-state index contributed by atoms with van der Waals surface area (Å²) in [6.07, 6.45) is -0.533. The summed E-state index contributed by atoms with van der Waals surface area (Å²) in [5.41, 5.74) is 0.358. The number of esters is 1. The van der Waals surface area contributed by atoms with Crippen molar-refractivity contribution >= 4 is 11.8 Å². The van der Waals surface area contributed by atoms with Crippen molar-refractivity contribution in [3.63, 3.8) is 0 Å². The molecular weight excluding hydrogens is 248 g/mol. The second kappa shape index (κ2) is 6.78. The van der Waals surface area contributed by atoms with E-state index in [2.05, 4.69) is 0 Å². The molecule has 5 nitrogen and oxygen atoms in total. The number of carbonyl (C=O) groups is 2. The number of hydrogen-bond donors (Lipinski definition) is 0. The first-order valence-corrected chi connectivity index (χ1v) is 5.92. The number of ketones is 1. The van der Waals surface area contributed by atoms with Crippen molar-refractivity contribution in [3.05, 3.63) is 23.8 Å². The van der Waals surface area contributed by atoms with E-state index in [9.17, 15) is 9.59 Å². The van der Waals surface area contributed by atoms with Crippen LogP contribution in [0.15, 0.2) is 18.2 Å². The zero-order valence-corrected chi connectivity index (χ0v) is 11.6. The molecule has 0 aliphatic carbocycles. The largest absolute Gasteiger partial charge is 0.497 e. The summed E-state index contributed by atoms with van der Waals surface area (Å²) >= 11 is 0. The fourth-order valence-corrected chi connectivity index (χ4v) is 1.51. The zero-order valence-electron chi connectivity index (χ0n) is 11.6. The third-order valence-electron chi connectivity index (χ3n) is 2.35. The topological polar surface area (TPSA) is 61.8 Å². The molecule has 0 unspecified atom stereocenters. The normalized spacial score (nSPS) is 10.2. The first-order chi connectivity index (χ1) is 8.96. The summed E-state index contributed by atoms with van der Waals surface area (Å²) in [5.74, 6) is 0.129. The number of ether oxygens (including phenoxy) is 3. The van der Waals surface area contributed by atoms with Gasteiger partial charge in [0.15, 0.2) is 5.78 Å². The molecule has 19 heavy (non-hydrogen) atoms. The number of rotatable bonds is 6. The minimum atomic E-state index is -0.540. The average molecular weight is 266 g/mol. The highest BCUT2D eigenvalue weighted by atomic mass is 16.5. The molecule has 1 rings (SSSR count). The van der Waals surface area contributed by atoms with Gasteiger partial charge < -0.3 is 14.2 Å². The first-order valence-electron chi connectivity index (χ1n) is 5.92. The van der Waals surface area contributed by atoms with Crippen molar-refractivity contribution in [1.29, 1.82) is 0 Å². The highest BCUT2D eigenvalue weighted by molar-refractivity contribution is 6.06. The molecule has 0 N–H and O–H groups in total. The first kappa shape index (κ1) is 15.0. The van der Waals surface area contributed by atoms with Crippen LogP contribution in [0.2, 0.25) is 0 Å². The van der Waals surface area contributed by atoms with Gasteiger partial charge in [0, 0.05) is 11.6 Å². The van der Waals surface area contributed by atoms with Crippen LogP contribution >= 0.6 is 0 Å². The van der Waals surface area contributed by atoms with Gasteiger partial charge in [-0.15, -0.1) is 0 Å². The molecule has 0 amide bonds. The summed E-state index contributed by atoms with van der Waals surface area (Å²) in [6, 6.07) is 4.78. The Morgan fingerprint density at radius 3 is 2.00 bits per heavy atom. The predicted molar refractivity (Wildman–Crippen MR) is 69.7 cm³/mol. The SMILES string of the molecule is COc1cc(OC)cc(C(=O)CC(=O)OC(C)C)c1. The van der Waals surface area contributed by atoms with Crippen molar-refractivity contribution in [2.75, 3.05) is 14.2 Å². The Balaban J connectivity index is 2.84. The van der Waals surface area contributed by atoms with E-state index in [0.29, 0.717) is 17.1 Å². The number of hydrogen-bond acceptors (Lipinski definition) is 5. The molecule has 104 valence electrons. The molecule has 5 heteroatoms. The third-order valence-corrected chi connectivity index (χ3v) is 2.35. The van der Waals surface area contributed by atoms with Crippen molar-refractivity contribution in [2.45, 2.75) is 26.4 Å². The molecule has 0 aliphatic rings. The molecule has 0 bridgehead atoms. The molecule has 0 aromatic heterocycles. The van der Waals surface area contributed by atoms with Gasteiger partial charge in [-0.2, -0.15) is 0 Å². The lowest BCUT2D eigenvalue weighted by atomic mass is 10.1. The number of Topliss-reactive ketones (excluding diaryl/α,β-unsaturated/α-hetero) is 1. The summed E-state index contributed by atoms with van der Waals surface area (Å²) in [6.45, 7) is 3.47. The smallest absolute Gasteiger partial charge is 0.313 e. The van der Waals surface area contributed by atoms with Crippen LogP contribution in [0, 0.1) is 0 Å². The Morgan fingerprint density at radius 1 is 1.05 bits per heavy atom. The molecule has 0 fully saturated rings. The van der Waals surface area contributed by atoms with Crippen molar-refractivity contribution in [2.24, 2.45) is 0 Å². The van der Waals surface area contributed by atoms with Crippen LogP contribution in [-0.4, -0.2) is 32.1 Å². The molecule has 0 aliphatic heterocycles. The van der Waals surface area contributed by atoms with Crippen LogP contribution in [0.1, 0.15) is 30.6 Å². The highest BCUT2D eigenvalue weighted by Gasteiger charge is 2.16. The second-order valence-corrected chi connectivity index (χ2v) is 4.24. The quantitative estimate of drug-likeness (QED) is 0.449. The van der Waals surface area contributed by atoms with Crippen LogP contribution in [0.5, 0.6) is 11.5 Å². The lowest BCUT2D eigenvalue weighted by molar-refractivity contribution is -0.146. The van der Waals surface area contributed by atoms with E-state index in [0.717, 1.165) is 0 Å². The number of benzene rings is 1. The lowest BCUT2D eigenvalue weighted by Crippen LogP contribution is -2.15. The molecule has 0 atom stereocenters. The maximum Gasteiger partial charge on any atom is 0.313 e. The van der Waals surface area contributed by atoms with Gasteiger partial charge in [-0.1, -0.05) is 0 Å². The Hall–Kier alpha value is -2.04. The molecule has 0 saturated carbocycles. The maximum absolute atomic E-state index is 12.0. The predicted octanol–water partition coefficient (Wildman–Crippen LogP) is 2.23. The fourth-order valence-electron chi connectivity index (χ4n) is 1.51. The van der Waals surface area contributed by atoms with Gasteiger partial charge in [-0.25, -0.2) is 0 Å². The number of methoxy groups -OCH3 is 2. The Labute approximate surface area is 112 Å². The van der Waals surface area contributed by atoms with Crippen LogP contribution < -0.4 is 9.47 Å². The summed E-state index contributed by atoms with van der Waals surface area (Å²) in [4.78, 5) is 23.4. The van der Waals surface area contributed by atoms with E-state index < -0.39 is 5.97 Å². The maximum atomic E-state index is 12.0. The van der Waals surface area contributed by atoms with E-state index >= 15 is 0 Å². The van der Waals surface area contributed by atoms with Crippen LogP contribution in [-0.2, 0) is 9.53 Å². The van der Waals surface area contributed by atoms with Gasteiger partial charge in [-0.3, -0.25) is 9.59 Å². The monoisotopic (exact) mass is 266 g/mol. The van der Waals surface area contributed by atoms with E-state index in [1.807, 2.05) is 0 Å². The summed E-state index contributed by atoms with van der Waals surface area (Å²) in [5, 5.41) is 0. The average Bonchev–Trinajstić information content (AvgIpc) is 2.36. The molecular formula is C14H18O5. The third kappa shape index (κ3) is 4.62. The molecule has 0 radical (unpaired) electrons. The Bertz CT molecular complexity index is 443. The lowest BCUT2D eigenvalue weighted by Gasteiger charge is -2.09. The molecule has 0 heterocycles. The molecule has 0 spiro atoms. The van der Waals surface area contributed by atoms with E-state index in [-0.39, 0.29) is 18.3 Å². The van der Waals surface area contributed by atoms with Crippen molar-refractivity contribution in [3.8, 4) is 11.5 Å². The minimum Gasteiger partial charge on any atom is -0.497 e. The van der Waals surface area contributed by atoms with Crippen LogP contribution in [0.25, 0.3) is 0 Å². The summed E-state index contributed by atoms with van der Waals surface area (Å²) in [7, 11) is 2.99. The van der Waals surface area contributed by atoms with Gasteiger partial charge in [0.1, 0.15) is 17.9 Å². The molecule has 1 aromatic carbocycles. The van der Waals surface area contributed by atoms with Crippen molar-refractivity contribution in [1.82, 2.24) is 0 Å². The van der Waals surface area contributed by atoms with Gasteiger partial charge in [0.25, 0.3) is 0 Å². The van der Waals surface area contributed by atoms with E-state index in [1.54, 1.807) is 32.0 Å². The van der Waals surface area contributed by atoms with Gasteiger partial charge in [0.2, 0.25) is 0 Å². The highest BCUT2D eigenvalue weighted by Crippen LogP contribution is 2.23. The zero-order chi connectivity index (χ0) is 14.4. The number of carbonyl (C=O) groups excluding carboxylic acids is 2. The standard InChI is InChI=1S/C14H18O5/c1-9(2)19-14(16)8-13(15)10-5-11(17-3)7-12(6-10)18-4/h5-7,9H,8H2,1-4H3. The Kier molecular flexibility index (Phi) is 5.36. The summed E-state index contributed by atoms with van der Waals surface area (Å²) < 4.78 is 15.1. The van der Waals surface area contributed by atoms with Gasteiger partial charge in [-0.05, 0) is 26.0 Å². The second-order valence-electron chi connectivity index (χ2n) is 4.24. The van der Waals surface area contributed by atoms with Gasteiger partial charge >= 0.3 is 5.97 Å². The van der Waals surface area contributed by atoms with Crippen LogP contribution in [0.4, 0.5) is 0 Å². The fraction of sp³-hybridized carbons (Fsp3) is 0.429. The Morgan fingerprint density at radius 2 is 1.58 bits per heavy atom. The van der Waals surface area contributed by atoms with Crippen LogP contribution in [0.3, 0.4) is 0 Å². The van der Waals surface area contributed by atoms with E-state index in [4.69, 9.17) is 14.2 Å². The van der Waals surface area contributed by atoms with Gasteiger partial charge in [0.05, 0.1) is 20.3 Å². The minimum absolute atomic E-state index is 0.236. The molecule has 1 aromatic rings. The van der Waals surface area contributed by atoms with E-state index in [1.165, 1.54) is 14.2 Å². The molecule has 0 saturated heterocycles.